The average molecular weight is 385 g/mol. The van der Waals surface area contributed by atoms with Crippen molar-refractivity contribution in [2.75, 3.05) is 0 Å². The third-order valence-corrected chi connectivity index (χ3v) is 5.45. The number of carbonyl (C=O) groups excluding carboxylic acids is 1. The molecule has 0 bridgehead atoms. The first-order valence-corrected chi connectivity index (χ1v) is 9.10. The first-order chi connectivity index (χ1) is 11.8. The van der Waals surface area contributed by atoms with E-state index in [2.05, 4.69) is 4.72 Å². The van der Waals surface area contributed by atoms with Crippen molar-refractivity contribution >= 4 is 27.5 Å². The minimum Gasteiger partial charge on any atom is -0.392 e. The molecule has 0 aromatic heterocycles. The van der Waals surface area contributed by atoms with Crippen LogP contribution in [0.3, 0.4) is 0 Å². The van der Waals surface area contributed by atoms with Crippen molar-refractivity contribution in [2.24, 2.45) is 0 Å². The van der Waals surface area contributed by atoms with E-state index in [4.69, 9.17) is 16.8 Å². The smallest absolute Gasteiger partial charge is 0.274 e. The number of hydrogen-bond acceptors (Lipinski definition) is 5. The summed E-state index contributed by atoms with van der Waals surface area (Å²) in [7, 11) is -3.92. The lowest BCUT2D eigenvalue weighted by Crippen LogP contribution is -2.28. The maximum Gasteiger partial charge on any atom is 0.274 e. The van der Waals surface area contributed by atoms with Gasteiger partial charge in [-0.2, -0.15) is 0 Å². The lowest BCUT2D eigenvalue weighted by atomic mass is 10.1. The van der Waals surface area contributed by atoms with E-state index in [0.717, 1.165) is 0 Å². The number of sulfonamides is 1. The molecule has 1 atom stereocenters. The largest absolute Gasteiger partial charge is 0.392 e. The van der Waals surface area contributed by atoms with Gasteiger partial charge in [0.05, 0.1) is 11.5 Å². The molecular weight excluding hydrogens is 368 g/mol. The summed E-state index contributed by atoms with van der Waals surface area (Å²) in [5.74, 6) is -0.661. The van der Waals surface area contributed by atoms with Crippen molar-refractivity contribution in [3.8, 4) is 0 Å². The van der Waals surface area contributed by atoms with E-state index in [1.54, 1.807) is 19.1 Å². The molecule has 2 rings (SSSR count). The minimum atomic E-state index is -3.92. The number of amides is 1. The van der Waals surface area contributed by atoms with Gasteiger partial charge in [-0.1, -0.05) is 29.8 Å². The van der Waals surface area contributed by atoms with Crippen LogP contribution in [0.1, 0.15) is 34.5 Å². The molecule has 4 N–H and O–H groups in total. The summed E-state index contributed by atoms with van der Waals surface area (Å²) >= 11 is 5.86. The van der Waals surface area contributed by atoms with Gasteiger partial charge in [0.15, 0.2) is 0 Å². The number of carbonyl (C=O) groups is 1. The monoisotopic (exact) mass is 384 g/mol. The summed E-state index contributed by atoms with van der Waals surface area (Å²) in [5.41, 5.74) is 2.61. The van der Waals surface area contributed by atoms with E-state index in [-0.39, 0.29) is 21.0 Å². The van der Waals surface area contributed by atoms with Crippen molar-refractivity contribution in [1.82, 2.24) is 10.2 Å². The third-order valence-electron chi connectivity index (χ3n) is 3.60. The second kappa shape index (κ2) is 7.94. The fourth-order valence-corrected chi connectivity index (χ4v) is 3.99. The molecule has 0 saturated heterocycles. The van der Waals surface area contributed by atoms with Gasteiger partial charge in [0.25, 0.3) is 5.91 Å². The summed E-state index contributed by atoms with van der Waals surface area (Å²) < 4.78 is 27.7. The molecule has 7 nitrogen and oxygen atoms in total. The minimum absolute atomic E-state index is 0.0920. The van der Waals surface area contributed by atoms with Crippen LogP contribution in [0.15, 0.2) is 47.4 Å². The predicted octanol–water partition coefficient (Wildman–Crippen LogP) is 1.99. The van der Waals surface area contributed by atoms with Crippen LogP contribution in [-0.4, -0.2) is 24.6 Å². The van der Waals surface area contributed by atoms with Crippen LogP contribution in [0, 0.1) is 0 Å². The highest BCUT2D eigenvalue weighted by atomic mass is 35.5. The van der Waals surface area contributed by atoms with E-state index in [0.29, 0.717) is 5.56 Å². The molecule has 1 amide bonds. The Kier molecular flexibility index (Phi) is 6.15. The molecule has 1 unspecified atom stereocenters. The van der Waals surface area contributed by atoms with Crippen LogP contribution < -0.4 is 10.2 Å². The normalized spacial score (nSPS) is 12.6. The van der Waals surface area contributed by atoms with Gasteiger partial charge in [-0.3, -0.25) is 10.0 Å². The molecule has 2 aromatic carbocycles. The van der Waals surface area contributed by atoms with Crippen LogP contribution in [-0.2, 0) is 16.6 Å². The van der Waals surface area contributed by atoms with Gasteiger partial charge in [0, 0.05) is 16.6 Å². The summed E-state index contributed by atoms with van der Waals surface area (Å²) in [4.78, 5) is 11.2. The maximum absolute atomic E-state index is 12.6. The molecule has 2 aromatic rings. The fraction of sp³-hybridized carbons (Fsp3) is 0.188. The maximum atomic E-state index is 12.6. The molecule has 0 saturated carbocycles. The Balaban J connectivity index is 2.26. The van der Waals surface area contributed by atoms with Crippen LogP contribution >= 0.6 is 11.6 Å². The van der Waals surface area contributed by atoms with Crippen molar-refractivity contribution in [3.05, 3.63) is 64.2 Å². The van der Waals surface area contributed by atoms with Gasteiger partial charge in [-0.05, 0) is 42.3 Å². The van der Waals surface area contributed by atoms with Gasteiger partial charge < -0.3 is 5.11 Å². The van der Waals surface area contributed by atoms with Gasteiger partial charge in [0.2, 0.25) is 10.0 Å². The molecule has 134 valence electrons. The number of hydroxylamine groups is 1. The molecule has 0 spiro atoms. The van der Waals surface area contributed by atoms with Crippen LogP contribution in [0.4, 0.5) is 0 Å². The molecule has 0 aliphatic heterocycles. The number of rotatable bonds is 6. The van der Waals surface area contributed by atoms with E-state index in [9.17, 15) is 18.3 Å². The zero-order valence-electron chi connectivity index (χ0n) is 13.2. The number of halogens is 1. The Morgan fingerprint density at radius 3 is 2.40 bits per heavy atom. The van der Waals surface area contributed by atoms with Gasteiger partial charge in [-0.15, -0.1) is 0 Å². The van der Waals surface area contributed by atoms with Crippen LogP contribution in [0.25, 0.3) is 0 Å². The van der Waals surface area contributed by atoms with E-state index in [1.165, 1.54) is 35.8 Å². The standard InChI is InChI=1S/C16H17ClN2O5S/c1-10(11-2-4-12(5-3-11)16(21)18-22)19-25(23,24)15-8-14(17)7-6-13(15)9-20/h2-8,10,19-20,22H,9H2,1H3,(H,18,21). The molecule has 9 heteroatoms. The lowest BCUT2D eigenvalue weighted by molar-refractivity contribution is 0.0706. The molecule has 0 aliphatic carbocycles. The topological polar surface area (TPSA) is 116 Å². The highest BCUT2D eigenvalue weighted by Crippen LogP contribution is 2.23. The lowest BCUT2D eigenvalue weighted by Gasteiger charge is -2.17. The molecule has 0 heterocycles. The molecule has 25 heavy (non-hydrogen) atoms. The number of nitrogens with one attached hydrogen (secondary N) is 2. The Labute approximate surface area is 150 Å². The number of aliphatic hydroxyl groups is 1. The Hall–Kier alpha value is -1.97. The highest BCUT2D eigenvalue weighted by molar-refractivity contribution is 7.89. The van der Waals surface area contributed by atoms with Crippen LogP contribution in [0.5, 0.6) is 0 Å². The summed E-state index contributed by atoms with van der Waals surface area (Å²) in [6.07, 6.45) is 0. The van der Waals surface area contributed by atoms with Crippen molar-refractivity contribution < 1.29 is 23.5 Å². The van der Waals surface area contributed by atoms with E-state index < -0.39 is 28.6 Å². The van der Waals surface area contributed by atoms with Crippen LogP contribution in [0.2, 0.25) is 5.02 Å². The second-order valence-corrected chi connectivity index (χ2v) is 7.43. The first kappa shape index (κ1) is 19.4. The number of benzene rings is 2. The average Bonchev–Trinajstić information content (AvgIpc) is 2.60. The van der Waals surface area contributed by atoms with E-state index >= 15 is 0 Å². The quantitative estimate of drug-likeness (QED) is 0.449. The number of hydrogen-bond donors (Lipinski definition) is 4. The summed E-state index contributed by atoms with van der Waals surface area (Å²) in [6, 6.07) is 9.70. The first-order valence-electron chi connectivity index (χ1n) is 7.24. The molecule has 0 radical (unpaired) electrons. The fourth-order valence-electron chi connectivity index (χ4n) is 2.26. The SMILES string of the molecule is CC(NS(=O)(=O)c1cc(Cl)ccc1CO)c1ccc(C(=O)NO)cc1. The van der Waals surface area contributed by atoms with Gasteiger partial charge in [0.1, 0.15) is 0 Å². The van der Waals surface area contributed by atoms with Gasteiger partial charge in [-0.25, -0.2) is 18.6 Å². The summed E-state index contributed by atoms with van der Waals surface area (Å²) in [5, 5.41) is 18.2. The predicted molar refractivity (Wildman–Crippen MR) is 91.8 cm³/mol. The zero-order chi connectivity index (χ0) is 18.6. The number of aliphatic hydroxyl groups excluding tert-OH is 1. The van der Waals surface area contributed by atoms with E-state index in [1.807, 2.05) is 0 Å². The Morgan fingerprint density at radius 1 is 1.20 bits per heavy atom. The highest BCUT2D eigenvalue weighted by Gasteiger charge is 2.22. The third kappa shape index (κ3) is 4.56. The Morgan fingerprint density at radius 2 is 1.84 bits per heavy atom. The Bertz CT molecular complexity index is 869. The molecule has 0 aliphatic rings. The summed E-state index contributed by atoms with van der Waals surface area (Å²) in [6.45, 7) is 1.20. The van der Waals surface area contributed by atoms with Crippen molar-refractivity contribution in [2.45, 2.75) is 24.5 Å². The molecule has 0 fully saturated rings. The second-order valence-electron chi connectivity index (χ2n) is 5.32. The zero-order valence-corrected chi connectivity index (χ0v) is 14.8. The molecular formula is C16H17ClN2O5S. The van der Waals surface area contributed by atoms with Gasteiger partial charge >= 0.3 is 0 Å². The van der Waals surface area contributed by atoms with Crippen molar-refractivity contribution in [3.63, 3.8) is 0 Å². The van der Waals surface area contributed by atoms with Crippen molar-refractivity contribution in [1.29, 1.82) is 0 Å².